The molecule has 1 aliphatic heterocycles. The topological polar surface area (TPSA) is 63.6 Å². The molecule has 1 atom stereocenters. The van der Waals surface area contributed by atoms with Crippen LogP contribution in [-0.4, -0.2) is 23.1 Å². The summed E-state index contributed by atoms with van der Waals surface area (Å²) in [5.74, 6) is -1.69. The molecular formula is C14H14O4. The van der Waals surface area contributed by atoms with Gasteiger partial charge in [-0.1, -0.05) is 12.6 Å². The van der Waals surface area contributed by atoms with Crippen LogP contribution in [0.25, 0.3) is 0 Å². The third kappa shape index (κ3) is 1.90. The summed E-state index contributed by atoms with van der Waals surface area (Å²) in [6, 6.07) is 3.16. The lowest BCUT2D eigenvalue weighted by Gasteiger charge is -2.27. The molecule has 4 heteroatoms. The highest BCUT2D eigenvalue weighted by atomic mass is 16.5. The van der Waals surface area contributed by atoms with Crippen molar-refractivity contribution in [3.05, 3.63) is 46.5 Å². The van der Waals surface area contributed by atoms with E-state index in [-0.39, 0.29) is 17.2 Å². The van der Waals surface area contributed by atoms with Gasteiger partial charge in [0.25, 0.3) is 0 Å². The van der Waals surface area contributed by atoms with Crippen molar-refractivity contribution in [1.82, 2.24) is 0 Å². The average Bonchev–Trinajstić information content (AvgIpc) is 2.29. The van der Waals surface area contributed by atoms with Crippen molar-refractivity contribution >= 4 is 11.9 Å². The smallest absolute Gasteiger partial charge is 0.339 e. The summed E-state index contributed by atoms with van der Waals surface area (Å²) in [4.78, 5) is 23.1. The molecule has 1 unspecified atom stereocenters. The minimum absolute atomic E-state index is 0.000709. The fraction of sp³-hybridized carbons (Fsp3) is 0.286. The molecule has 0 bridgehead atoms. The van der Waals surface area contributed by atoms with Crippen LogP contribution in [0.5, 0.6) is 0 Å². The summed E-state index contributed by atoms with van der Waals surface area (Å²) in [5, 5.41) is 9.10. The van der Waals surface area contributed by atoms with E-state index in [4.69, 9.17) is 9.84 Å². The molecule has 0 radical (unpaired) electrons. The number of carboxylic acid groups (broad SMARTS) is 1. The minimum Gasteiger partial charge on any atom is -0.478 e. The lowest BCUT2D eigenvalue weighted by atomic mass is 9.89. The first kappa shape index (κ1) is 12.4. The number of carbonyl (C=O) groups excluding carboxylic acids is 1. The molecule has 0 saturated carbocycles. The SMILES string of the molecule is C=C(C)C1Cc2c(C)ccc(C(=O)O)c2C(=O)O1. The predicted molar refractivity (Wildman–Crippen MR) is 65.9 cm³/mol. The number of hydrogen-bond donors (Lipinski definition) is 1. The molecule has 1 aromatic rings. The number of fused-ring (bicyclic) bond motifs is 1. The Morgan fingerprint density at radius 3 is 2.72 bits per heavy atom. The van der Waals surface area contributed by atoms with E-state index >= 15 is 0 Å². The van der Waals surface area contributed by atoms with Crippen molar-refractivity contribution < 1.29 is 19.4 Å². The number of carbonyl (C=O) groups is 2. The Morgan fingerprint density at radius 1 is 1.50 bits per heavy atom. The van der Waals surface area contributed by atoms with Gasteiger partial charge in [0, 0.05) is 6.42 Å². The molecule has 0 spiro atoms. The van der Waals surface area contributed by atoms with Crippen molar-refractivity contribution in [2.45, 2.75) is 26.4 Å². The molecule has 18 heavy (non-hydrogen) atoms. The summed E-state index contributed by atoms with van der Waals surface area (Å²) < 4.78 is 5.22. The fourth-order valence-electron chi connectivity index (χ4n) is 2.12. The first-order chi connectivity index (χ1) is 8.41. The molecule has 0 aromatic heterocycles. The van der Waals surface area contributed by atoms with Crippen LogP contribution in [0, 0.1) is 6.92 Å². The Labute approximate surface area is 105 Å². The van der Waals surface area contributed by atoms with E-state index in [0.717, 1.165) is 16.7 Å². The van der Waals surface area contributed by atoms with Crippen LogP contribution in [0.15, 0.2) is 24.3 Å². The predicted octanol–water partition coefficient (Wildman–Crippen LogP) is 2.35. The van der Waals surface area contributed by atoms with E-state index in [1.165, 1.54) is 6.07 Å². The third-order valence-electron chi connectivity index (χ3n) is 3.17. The van der Waals surface area contributed by atoms with E-state index in [0.29, 0.717) is 6.42 Å². The summed E-state index contributed by atoms with van der Waals surface area (Å²) in [6.07, 6.45) is 0.122. The van der Waals surface area contributed by atoms with E-state index in [1.807, 2.05) is 6.92 Å². The average molecular weight is 246 g/mol. The Bertz CT molecular complexity index is 557. The Morgan fingerprint density at radius 2 is 2.17 bits per heavy atom. The molecule has 1 aliphatic rings. The number of ether oxygens (including phenoxy) is 1. The van der Waals surface area contributed by atoms with E-state index in [9.17, 15) is 9.59 Å². The highest BCUT2D eigenvalue weighted by Gasteiger charge is 2.31. The Hall–Kier alpha value is -2.10. The van der Waals surface area contributed by atoms with E-state index in [2.05, 4.69) is 6.58 Å². The zero-order valence-corrected chi connectivity index (χ0v) is 10.3. The molecule has 1 N–H and O–H groups in total. The lowest BCUT2D eigenvalue weighted by Crippen LogP contribution is -2.30. The van der Waals surface area contributed by atoms with Gasteiger partial charge in [-0.3, -0.25) is 0 Å². The van der Waals surface area contributed by atoms with Crippen LogP contribution >= 0.6 is 0 Å². The third-order valence-corrected chi connectivity index (χ3v) is 3.17. The number of aryl methyl sites for hydroxylation is 1. The normalized spacial score (nSPS) is 17.9. The second kappa shape index (κ2) is 4.29. The van der Waals surface area contributed by atoms with Gasteiger partial charge in [0.2, 0.25) is 0 Å². The zero-order valence-electron chi connectivity index (χ0n) is 10.3. The molecular weight excluding hydrogens is 232 g/mol. The summed E-state index contributed by atoms with van der Waals surface area (Å²) in [7, 11) is 0. The maximum Gasteiger partial charge on any atom is 0.339 e. The second-order valence-electron chi connectivity index (χ2n) is 4.53. The summed E-state index contributed by atoms with van der Waals surface area (Å²) >= 11 is 0. The van der Waals surface area contributed by atoms with Gasteiger partial charge in [-0.2, -0.15) is 0 Å². The first-order valence-corrected chi connectivity index (χ1v) is 5.64. The first-order valence-electron chi connectivity index (χ1n) is 5.64. The van der Waals surface area contributed by atoms with Crippen molar-refractivity contribution in [2.75, 3.05) is 0 Å². The lowest BCUT2D eigenvalue weighted by molar-refractivity contribution is 0.0328. The molecule has 4 nitrogen and oxygen atoms in total. The van der Waals surface area contributed by atoms with Gasteiger partial charge in [0.05, 0.1) is 11.1 Å². The van der Waals surface area contributed by atoms with Crippen LogP contribution in [0.2, 0.25) is 0 Å². The number of aromatic carboxylic acids is 1. The van der Waals surface area contributed by atoms with Gasteiger partial charge < -0.3 is 9.84 Å². The van der Waals surface area contributed by atoms with E-state index < -0.39 is 11.9 Å². The number of cyclic esters (lactones) is 1. The fourth-order valence-corrected chi connectivity index (χ4v) is 2.12. The molecule has 0 aliphatic carbocycles. The van der Waals surface area contributed by atoms with Crippen molar-refractivity contribution in [2.24, 2.45) is 0 Å². The highest BCUT2D eigenvalue weighted by molar-refractivity contribution is 6.04. The van der Waals surface area contributed by atoms with Gasteiger partial charge in [-0.05, 0) is 36.6 Å². The number of benzene rings is 1. The zero-order chi connectivity index (χ0) is 13.4. The van der Waals surface area contributed by atoms with Crippen LogP contribution in [0.4, 0.5) is 0 Å². The minimum atomic E-state index is -1.11. The molecule has 1 aromatic carbocycles. The summed E-state index contributed by atoms with van der Waals surface area (Å²) in [6.45, 7) is 7.43. The number of rotatable bonds is 2. The van der Waals surface area contributed by atoms with Gasteiger partial charge in [-0.15, -0.1) is 0 Å². The molecule has 1 heterocycles. The Balaban J connectivity index is 2.61. The number of esters is 1. The number of carboxylic acids is 1. The Kier molecular flexibility index (Phi) is 2.95. The van der Waals surface area contributed by atoms with Crippen LogP contribution in [0.3, 0.4) is 0 Å². The molecule has 94 valence electrons. The largest absolute Gasteiger partial charge is 0.478 e. The van der Waals surface area contributed by atoms with E-state index in [1.54, 1.807) is 13.0 Å². The van der Waals surface area contributed by atoms with Crippen LogP contribution in [-0.2, 0) is 11.2 Å². The monoisotopic (exact) mass is 246 g/mol. The van der Waals surface area contributed by atoms with Crippen LogP contribution < -0.4 is 0 Å². The molecule has 0 fully saturated rings. The van der Waals surface area contributed by atoms with Crippen LogP contribution in [0.1, 0.15) is 38.8 Å². The quantitative estimate of drug-likeness (QED) is 0.642. The highest BCUT2D eigenvalue weighted by Crippen LogP contribution is 2.29. The summed E-state index contributed by atoms with van der Waals surface area (Å²) in [5.41, 5.74) is 2.59. The van der Waals surface area contributed by atoms with Crippen molar-refractivity contribution in [3.8, 4) is 0 Å². The standard InChI is InChI=1S/C14H14O4/c1-7(2)11-6-10-8(3)4-5-9(13(15)16)12(10)14(17)18-11/h4-5,11H,1,6H2,2-3H3,(H,15,16). The molecule has 0 saturated heterocycles. The molecule has 2 rings (SSSR count). The van der Waals surface area contributed by atoms with Gasteiger partial charge in [-0.25, -0.2) is 9.59 Å². The second-order valence-corrected chi connectivity index (χ2v) is 4.53. The maximum atomic E-state index is 12.0. The van der Waals surface area contributed by atoms with Gasteiger partial charge >= 0.3 is 11.9 Å². The molecule has 0 amide bonds. The van der Waals surface area contributed by atoms with Crippen molar-refractivity contribution in [3.63, 3.8) is 0 Å². The van der Waals surface area contributed by atoms with Gasteiger partial charge in [0.15, 0.2) is 0 Å². The van der Waals surface area contributed by atoms with Gasteiger partial charge in [0.1, 0.15) is 6.10 Å². The van der Waals surface area contributed by atoms with Crippen molar-refractivity contribution in [1.29, 1.82) is 0 Å². The maximum absolute atomic E-state index is 12.0. The number of hydrogen-bond acceptors (Lipinski definition) is 3.